The van der Waals surface area contributed by atoms with Crippen molar-refractivity contribution in [3.63, 3.8) is 0 Å². The van der Waals surface area contributed by atoms with Gasteiger partial charge in [0.15, 0.2) is 5.82 Å². The van der Waals surface area contributed by atoms with Crippen molar-refractivity contribution in [2.45, 2.75) is 12.3 Å². The average molecular weight is 324 g/mol. The van der Waals surface area contributed by atoms with Gasteiger partial charge in [-0.1, -0.05) is 17.3 Å². The number of rotatable bonds is 3. The maximum atomic E-state index is 13.4. The van der Waals surface area contributed by atoms with Gasteiger partial charge in [0.05, 0.1) is 0 Å². The van der Waals surface area contributed by atoms with Gasteiger partial charge in [-0.2, -0.15) is 4.98 Å². The van der Waals surface area contributed by atoms with E-state index in [4.69, 9.17) is 4.52 Å². The molecule has 0 N–H and O–H groups in total. The lowest BCUT2D eigenvalue weighted by molar-refractivity contribution is -0.117. The summed E-state index contributed by atoms with van der Waals surface area (Å²) < 4.78 is 18.6. The quantitative estimate of drug-likeness (QED) is 0.741. The minimum atomic E-state index is -0.374. The van der Waals surface area contributed by atoms with Crippen molar-refractivity contribution in [1.29, 1.82) is 0 Å². The van der Waals surface area contributed by atoms with Crippen molar-refractivity contribution in [3.05, 3.63) is 60.3 Å². The predicted molar refractivity (Wildman–Crippen MR) is 83.6 cm³/mol. The molecule has 24 heavy (non-hydrogen) atoms. The van der Waals surface area contributed by atoms with E-state index in [0.717, 1.165) is 0 Å². The Balaban J connectivity index is 1.56. The second-order valence-corrected chi connectivity index (χ2v) is 5.56. The summed E-state index contributed by atoms with van der Waals surface area (Å²) in [5.41, 5.74) is 1.12. The van der Waals surface area contributed by atoms with E-state index in [1.165, 1.54) is 12.1 Å². The number of halogens is 1. The van der Waals surface area contributed by atoms with Crippen LogP contribution in [0.4, 0.5) is 10.1 Å². The van der Waals surface area contributed by atoms with Gasteiger partial charge in [-0.3, -0.25) is 9.78 Å². The number of amides is 1. The maximum Gasteiger partial charge on any atom is 0.276 e. The summed E-state index contributed by atoms with van der Waals surface area (Å²) in [6.45, 7) is 0.392. The molecule has 1 fully saturated rings. The molecule has 0 radical (unpaired) electrons. The maximum absolute atomic E-state index is 13.4. The molecule has 6 nitrogen and oxygen atoms in total. The van der Waals surface area contributed by atoms with Crippen molar-refractivity contribution in [2.24, 2.45) is 0 Å². The zero-order valence-corrected chi connectivity index (χ0v) is 12.6. The minimum absolute atomic E-state index is 0.0882. The van der Waals surface area contributed by atoms with Gasteiger partial charge in [-0.15, -0.1) is 0 Å². The van der Waals surface area contributed by atoms with E-state index in [9.17, 15) is 9.18 Å². The van der Waals surface area contributed by atoms with Gasteiger partial charge in [0.2, 0.25) is 5.91 Å². The third kappa shape index (κ3) is 2.64. The van der Waals surface area contributed by atoms with Crippen molar-refractivity contribution >= 4 is 11.6 Å². The van der Waals surface area contributed by atoms with E-state index in [0.29, 0.717) is 29.6 Å². The second kappa shape index (κ2) is 5.84. The van der Waals surface area contributed by atoms with Crippen LogP contribution < -0.4 is 4.90 Å². The topological polar surface area (TPSA) is 72.1 Å². The molecule has 1 aliphatic heterocycles. The van der Waals surface area contributed by atoms with Gasteiger partial charge >= 0.3 is 0 Å². The molecular weight excluding hydrogens is 311 g/mol. The van der Waals surface area contributed by atoms with E-state index in [-0.39, 0.29) is 24.1 Å². The number of benzene rings is 1. The summed E-state index contributed by atoms with van der Waals surface area (Å²) >= 11 is 0. The van der Waals surface area contributed by atoms with E-state index < -0.39 is 0 Å². The minimum Gasteiger partial charge on any atom is -0.332 e. The van der Waals surface area contributed by atoms with Crippen molar-refractivity contribution in [1.82, 2.24) is 15.1 Å². The van der Waals surface area contributed by atoms with Crippen LogP contribution in [-0.2, 0) is 4.79 Å². The molecule has 7 heteroatoms. The molecule has 2 aromatic heterocycles. The highest BCUT2D eigenvalue weighted by atomic mass is 19.1. The number of nitrogens with zero attached hydrogens (tertiary/aromatic N) is 4. The van der Waals surface area contributed by atoms with Crippen LogP contribution in [0.15, 0.2) is 53.2 Å². The van der Waals surface area contributed by atoms with Crippen LogP contribution in [0, 0.1) is 5.82 Å². The molecule has 1 amide bonds. The van der Waals surface area contributed by atoms with Gasteiger partial charge in [-0.05, 0) is 30.3 Å². The number of pyridine rings is 1. The lowest BCUT2D eigenvalue weighted by Crippen LogP contribution is -2.24. The summed E-state index contributed by atoms with van der Waals surface area (Å²) in [6, 6.07) is 11.4. The predicted octanol–water partition coefficient (Wildman–Crippen LogP) is 2.79. The first-order valence-corrected chi connectivity index (χ1v) is 7.51. The number of aromatic nitrogens is 3. The van der Waals surface area contributed by atoms with E-state index in [1.54, 1.807) is 35.4 Å². The van der Waals surface area contributed by atoms with Gasteiger partial charge in [0, 0.05) is 30.8 Å². The SMILES string of the molecule is O=C1C[C@@H](c2noc(-c3ccccn3)n2)CN1c1cccc(F)c1. The highest BCUT2D eigenvalue weighted by molar-refractivity contribution is 5.96. The number of carbonyl (C=O) groups excluding carboxylic acids is 1. The van der Waals surface area contributed by atoms with E-state index >= 15 is 0 Å². The highest BCUT2D eigenvalue weighted by Crippen LogP contribution is 2.31. The van der Waals surface area contributed by atoms with Crippen molar-refractivity contribution < 1.29 is 13.7 Å². The van der Waals surface area contributed by atoms with E-state index in [2.05, 4.69) is 15.1 Å². The molecule has 120 valence electrons. The van der Waals surface area contributed by atoms with Gasteiger partial charge in [0.1, 0.15) is 11.5 Å². The van der Waals surface area contributed by atoms with Gasteiger partial charge in [0.25, 0.3) is 5.89 Å². The molecule has 1 aromatic carbocycles. The highest BCUT2D eigenvalue weighted by Gasteiger charge is 2.34. The molecule has 1 aliphatic rings. The fraction of sp³-hybridized carbons (Fsp3) is 0.176. The normalized spacial score (nSPS) is 17.5. The number of hydrogen-bond acceptors (Lipinski definition) is 5. The van der Waals surface area contributed by atoms with Gasteiger partial charge < -0.3 is 9.42 Å². The number of anilines is 1. The van der Waals surface area contributed by atoms with E-state index in [1.807, 2.05) is 6.07 Å². The zero-order valence-electron chi connectivity index (χ0n) is 12.6. The fourth-order valence-electron chi connectivity index (χ4n) is 2.77. The smallest absolute Gasteiger partial charge is 0.276 e. The molecule has 1 atom stereocenters. The molecule has 3 aromatic rings. The fourth-order valence-corrected chi connectivity index (χ4v) is 2.77. The summed E-state index contributed by atoms with van der Waals surface area (Å²) in [5.74, 6) is 0.127. The summed E-state index contributed by atoms with van der Waals surface area (Å²) in [4.78, 5) is 22.3. The van der Waals surface area contributed by atoms with Crippen LogP contribution in [0.3, 0.4) is 0 Å². The Bertz CT molecular complexity index is 881. The van der Waals surface area contributed by atoms with Crippen molar-refractivity contribution in [2.75, 3.05) is 11.4 Å². The summed E-state index contributed by atoms with van der Waals surface area (Å²) in [5, 5.41) is 3.98. The Kier molecular flexibility index (Phi) is 3.53. The molecule has 0 aliphatic carbocycles. The number of hydrogen-bond donors (Lipinski definition) is 0. The number of carbonyl (C=O) groups is 1. The summed E-state index contributed by atoms with van der Waals surface area (Å²) in [6.07, 6.45) is 1.90. The second-order valence-electron chi connectivity index (χ2n) is 5.56. The molecule has 0 bridgehead atoms. The molecule has 4 rings (SSSR count). The summed E-state index contributed by atoms with van der Waals surface area (Å²) in [7, 11) is 0. The van der Waals surface area contributed by atoms with Crippen molar-refractivity contribution in [3.8, 4) is 11.6 Å². The first-order valence-electron chi connectivity index (χ1n) is 7.51. The first-order chi connectivity index (χ1) is 11.7. The zero-order chi connectivity index (χ0) is 16.5. The largest absolute Gasteiger partial charge is 0.332 e. The Morgan fingerprint density at radius 3 is 2.92 bits per heavy atom. The van der Waals surface area contributed by atoms with Gasteiger partial charge in [-0.25, -0.2) is 4.39 Å². The Morgan fingerprint density at radius 1 is 1.21 bits per heavy atom. The molecule has 0 unspecified atom stereocenters. The van der Waals surface area contributed by atoms with Crippen LogP contribution in [0.2, 0.25) is 0 Å². The Morgan fingerprint density at radius 2 is 2.12 bits per heavy atom. The molecule has 3 heterocycles. The lowest BCUT2D eigenvalue weighted by atomic mass is 10.1. The molecule has 1 saturated heterocycles. The third-order valence-electron chi connectivity index (χ3n) is 3.94. The van der Waals surface area contributed by atoms with Crippen LogP contribution in [-0.4, -0.2) is 27.6 Å². The Labute approximate surface area is 136 Å². The van der Waals surface area contributed by atoms with Crippen LogP contribution >= 0.6 is 0 Å². The average Bonchev–Trinajstić information content (AvgIpc) is 3.22. The van der Waals surface area contributed by atoms with Crippen LogP contribution in [0.1, 0.15) is 18.2 Å². The van der Waals surface area contributed by atoms with Crippen LogP contribution in [0.25, 0.3) is 11.6 Å². The standard InChI is InChI=1S/C17H13FN4O2/c18-12-4-3-5-13(9-12)22-10-11(8-15(22)23)16-20-17(24-21-16)14-6-1-2-7-19-14/h1-7,9,11H,8,10H2/t11-/m1/s1. The molecule has 0 spiro atoms. The third-order valence-corrected chi connectivity index (χ3v) is 3.94. The molecule has 0 saturated carbocycles. The molecular formula is C17H13FN4O2. The lowest BCUT2D eigenvalue weighted by Gasteiger charge is -2.15. The Hall–Kier alpha value is -3.09. The van der Waals surface area contributed by atoms with Crippen LogP contribution in [0.5, 0.6) is 0 Å². The first kappa shape index (κ1) is 14.5. The monoisotopic (exact) mass is 324 g/mol.